The van der Waals surface area contributed by atoms with E-state index in [0.717, 1.165) is 0 Å². The lowest BCUT2D eigenvalue weighted by Gasteiger charge is -2.19. The summed E-state index contributed by atoms with van der Waals surface area (Å²) in [5, 5.41) is 0. The second-order valence-electron chi connectivity index (χ2n) is 4.39. The van der Waals surface area contributed by atoms with Crippen molar-refractivity contribution in [3.05, 3.63) is 53.9 Å². The van der Waals surface area contributed by atoms with Gasteiger partial charge in [-0.05, 0) is 48.4 Å². The first-order chi connectivity index (χ1) is 7.95. The van der Waals surface area contributed by atoms with Gasteiger partial charge in [-0.3, -0.25) is 4.98 Å². The van der Waals surface area contributed by atoms with Gasteiger partial charge in [0, 0.05) is 18.0 Å². The van der Waals surface area contributed by atoms with Crippen LogP contribution >= 0.6 is 0 Å². The summed E-state index contributed by atoms with van der Waals surface area (Å²) >= 11 is 0. The number of hydrogen-bond acceptors (Lipinski definition) is 1. The molecule has 1 aromatic heterocycles. The molecule has 2 aromatic rings. The number of hydrogen-bond donors (Lipinski definition) is 0. The minimum atomic E-state index is 1.22. The van der Waals surface area contributed by atoms with Crippen LogP contribution < -0.4 is 0 Å². The van der Waals surface area contributed by atoms with Crippen molar-refractivity contribution in [3.8, 4) is 11.1 Å². The predicted octanol–water partition coefficient (Wildman–Crippen LogP) is 3.63. The molecule has 0 bridgehead atoms. The second kappa shape index (κ2) is 4.09. The molecular weight excluding hydrogens is 194 g/mol. The van der Waals surface area contributed by atoms with Gasteiger partial charge < -0.3 is 0 Å². The molecule has 0 fully saturated rings. The topological polar surface area (TPSA) is 12.9 Å². The Bertz CT molecular complexity index is 488. The van der Waals surface area contributed by atoms with E-state index in [-0.39, 0.29) is 0 Å². The molecule has 80 valence electrons. The van der Waals surface area contributed by atoms with Crippen molar-refractivity contribution in [2.24, 2.45) is 0 Å². The van der Waals surface area contributed by atoms with Crippen LogP contribution in [0.15, 0.2) is 42.7 Å². The van der Waals surface area contributed by atoms with Crippen molar-refractivity contribution in [1.82, 2.24) is 4.98 Å². The van der Waals surface area contributed by atoms with E-state index < -0.39 is 0 Å². The number of nitrogens with zero attached hydrogens (tertiary/aromatic N) is 1. The van der Waals surface area contributed by atoms with Gasteiger partial charge in [0.25, 0.3) is 0 Å². The molecule has 1 nitrogen and oxygen atoms in total. The van der Waals surface area contributed by atoms with E-state index in [9.17, 15) is 0 Å². The Kier molecular flexibility index (Phi) is 2.45. The minimum absolute atomic E-state index is 1.22. The van der Waals surface area contributed by atoms with Crippen LogP contribution in [0.4, 0.5) is 0 Å². The maximum absolute atomic E-state index is 4.21. The van der Waals surface area contributed by atoms with Gasteiger partial charge in [-0.1, -0.05) is 24.3 Å². The highest BCUT2D eigenvalue weighted by Crippen LogP contribution is 2.30. The van der Waals surface area contributed by atoms with E-state index in [2.05, 4.69) is 29.2 Å². The van der Waals surface area contributed by atoms with Crippen molar-refractivity contribution in [1.29, 1.82) is 0 Å². The molecule has 0 atom stereocenters. The first-order valence-corrected chi connectivity index (χ1v) is 5.96. The summed E-state index contributed by atoms with van der Waals surface area (Å²) < 4.78 is 0. The Morgan fingerprint density at radius 2 is 1.88 bits per heavy atom. The molecule has 0 aliphatic heterocycles. The maximum atomic E-state index is 4.21. The van der Waals surface area contributed by atoms with Crippen LogP contribution in [0.25, 0.3) is 11.1 Å². The van der Waals surface area contributed by atoms with Crippen LogP contribution in [0.5, 0.6) is 0 Å². The zero-order chi connectivity index (χ0) is 10.8. The molecule has 1 aliphatic rings. The Morgan fingerprint density at radius 1 is 0.938 bits per heavy atom. The summed E-state index contributed by atoms with van der Waals surface area (Å²) in [5.41, 5.74) is 5.71. The molecule has 0 N–H and O–H groups in total. The molecule has 0 unspecified atom stereocenters. The number of benzene rings is 1. The number of aromatic nitrogens is 1. The fourth-order valence-electron chi connectivity index (χ4n) is 2.57. The van der Waals surface area contributed by atoms with Gasteiger partial charge in [0.15, 0.2) is 0 Å². The van der Waals surface area contributed by atoms with Gasteiger partial charge in [-0.15, -0.1) is 0 Å². The lowest BCUT2D eigenvalue weighted by molar-refractivity contribution is 0.687. The van der Waals surface area contributed by atoms with Gasteiger partial charge in [0.1, 0.15) is 0 Å². The molecule has 0 spiro atoms. The Hall–Kier alpha value is -1.63. The van der Waals surface area contributed by atoms with E-state index in [1.54, 1.807) is 5.56 Å². The Balaban J connectivity index is 2.14. The van der Waals surface area contributed by atoms with Gasteiger partial charge in [-0.2, -0.15) is 0 Å². The van der Waals surface area contributed by atoms with Crippen molar-refractivity contribution >= 4 is 0 Å². The molecule has 0 radical (unpaired) electrons. The van der Waals surface area contributed by atoms with Crippen molar-refractivity contribution < 1.29 is 0 Å². The lowest BCUT2D eigenvalue weighted by Crippen LogP contribution is -2.04. The summed E-state index contributed by atoms with van der Waals surface area (Å²) in [7, 11) is 0. The summed E-state index contributed by atoms with van der Waals surface area (Å²) in [6.45, 7) is 0. The smallest absolute Gasteiger partial charge is 0.0346 e. The van der Waals surface area contributed by atoms with Gasteiger partial charge in [0.2, 0.25) is 0 Å². The lowest BCUT2D eigenvalue weighted by atomic mass is 9.86. The van der Waals surface area contributed by atoms with Gasteiger partial charge in [-0.25, -0.2) is 0 Å². The molecule has 1 aromatic carbocycles. The zero-order valence-electron chi connectivity index (χ0n) is 9.32. The zero-order valence-corrected chi connectivity index (χ0v) is 9.32. The van der Waals surface area contributed by atoms with E-state index in [4.69, 9.17) is 0 Å². The molecule has 1 heterocycles. The summed E-state index contributed by atoms with van der Waals surface area (Å²) in [6.07, 6.45) is 8.92. The highest BCUT2D eigenvalue weighted by atomic mass is 14.6. The minimum Gasteiger partial charge on any atom is -0.264 e. The molecule has 0 amide bonds. The molecular formula is C15H15N. The third kappa shape index (κ3) is 1.63. The van der Waals surface area contributed by atoms with Crippen LogP contribution in [-0.4, -0.2) is 4.98 Å². The average molecular weight is 209 g/mol. The van der Waals surface area contributed by atoms with E-state index in [1.807, 2.05) is 18.5 Å². The predicted molar refractivity (Wildman–Crippen MR) is 66.3 cm³/mol. The fourth-order valence-corrected chi connectivity index (χ4v) is 2.57. The fraction of sp³-hybridized carbons (Fsp3) is 0.267. The number of rotatable bonds is 1. The monoisotopic (exact) mass is 209 g/mol. The second-order valence-corrected chi connectivity index (χ2v) is 4.39. The summed E-state index contributed by atoms with van der Waals surface area (Å²) in [6, 6.07) is 10.8. The highest BCUT2D eigenvalue weighted by Gasteiger charge is 2.13. The molecule has 1 heteroatoms. The first-order valence-electron chi connectivity index (χ1n) is 5.96. The number of aryl methyl sites for hydroxylation is 1. The standard InChI is InChI=1S/C15H15N/c1-2-8-14-12(5-1)6-3-9-15(14)13-7-4-10-16-11-13/h3-4,6-7,9-11H,1-2,5,8H2. The quantitative estimate of drug-likeness (QED) is 0.699. The maximum Gasteiger partial charge on any atom is 0.0346 e. The third-order valence-corrected chi connectivity index (χ3v) is 3.37. The van der Waals surface area contributed by atoms with Crippen molar-refractivity contribution in [3.63, 3.8) is 0 Å². The summed E-state index contributed by atoms with van der Waals surface area (Å²) in [5.74, 6) is 0. The third-order valence-electron chi connectivity index (χ3n) is 3.37. The van der Waals surface area contributed by atoms with Crippen LogP contribution in [0.3, 0.4) is 0 Å². The molecule has 3 rings (SSSR count). The van der Waals surface area contributed by atoms with Gasteiger partial charge in [0.05, 0.1) is 0 Å². The van der Waals surface area contributed by atoms with E-state index in [1.165, 1.54) is 42.4 Å². The van der Waals surface area contributed by atoms with Gasteiger partial charge >= 0.3 is 0 Å². The molecule has 1 aliphatic carbocycles. The van der Waals surface area contributed by atoms with Crippen LogP contribution in [0, 0.1) is 0 Å². The Morgan fingerprint density at radius 3 is 2.75 bits per heavy atom. The van der Waals surface area contributed by atoms with E-state index in [0.29, 0.717) is 0 Å². The van der Waals surface area contributed by atoms with Crippen molar-refractivity contribution in [2.45, 2.75) is 25.7 Å². The number of fused-ring (bicyclic) bond motifs is 1. The van der Waals surface area contributed by atoms with Crippen LogP contribution in [0.2, 0.25) is 0 Å². The summed E-state index contributed by atoms with van der Waals surface area (Å²) in [4.78, 5) is 4.21. The first kappa shape index (κ1) is 9.59. The average Bonchev–Trinajstić information content (AvgIpc) is 2.39. The SMILES string of the molecule is c1cncc(-c2cccc3c2CCCC3)c1. The van der Waals surface area contributed by atoms with Crippen LogP contribution in [-0.2, 0) is 12.8 Å². The van der Waals surface area contributed by atoms with E-state index >= 15 is 0 Å². The highest BCUT2D eigenvalue weighted by molar-refractivity contribution is 5.68. The largest absolute Gasteiger partial charge is 0.264 e. The normalized spacial score (nSPS) is 14.5. The van der Waals surface area contributed by atoms with Crippen molar-refractivity contribution in [2.75, 3.05) is 0 Å². The number of pyridine rings is 1. The molecule has 0 saturated heterocycles. The van der Waals surface area contributed by atoms with Crippen LogP contribution in [0.1, 0.15) is 24.0 Å². The Labute approximate surface area is 96.2 Å². The molecule has 0 saturated carbocycles. The molecule has 16 heavy (non-hydrogen) atoms.